The van der Waals surface area contributed by atoms with Crippen LogP contribution in [0.4, 0.5) is 0 Å². The van der Waals surface area contributed by atoms with Crippen molar-refractivity contribution < 1.29 is 9.90 Å². The lowest BCUT2D eigenvalue weighted by molar-refractivity contribution is -0.140. The Morgan fingerprint density at radius 1 is 1.46 bits per heavy atom. The molecule has 0 amide bonds. The van der Waals surface area contributed by atoms with Gasteiger partial charge in [-0.1, -0.05) is 20.8 Å². The molecule has 0 radical (unpaired) electrons. The van der Waals surface area contributed by atoms with Crippen LogP contribution >= 0.6 is 11.8 Å². The van der Waals surface area contributed by atoms with E-state index in [1.807, 2.05) is 20.1 Å². The third-order valence-corrected chi connectivity index (χ3v) is 2.93. The molecule has 0 fully saturated rings. The van der Waals surface area contributed by atoms with Crippen molar-refractivity contribution in [3.63, 3.8) is 0 Å². The summed E-state index contributed by atoms with van der Waals surface area (Å²) in [6, 6.07) is -0.422. The Bertz CT molecular complexity index is 162. The molecule has 0 aliphatic carbocycles. The molecule has 0 saturated heterocycles. The number of rotatable bonds is 6. The van der Waals surface area contributed by atoms with Gasteiger partial charge in [0.15, 0.2) is 0 Å². The quantitative estimate of drug-likeness (QED) is 0.689. The van der Waals surface area contributed by atoms with Crippen molar-refractivity contribution in [2.75, 3.05) is 12.8 Å². The average molecular weight is 205 g/mol. The highest BCUT2D eigenvalue weighted by molar-refractivity contribution is 7.99. The Labute approximate surface area is 84.3 Å². The number of carboxylic acids is 1. The minimum Gasteiger partial charge on any atom is -0.480 e. The van der Waals surface area contributed by atoms with Gasteiger partial charge in [-0.05, 0) is 12.2 Å². The van der Waals surface area contributed by atoms with Gasteiger partial charge < -0.3 is 10.4 Å². The minimum absolute atomic E-state index is 0.131. The van der Waals surface area contributed by atoms with Gasteiger partial charge in [-0.2, -0.15) is 11.8 Å². The predicted molar refractivity (Wildman–Crippen MR) is 57.2 cm³/mol. The summed E-state index contributed by atoms with van der Waals surface area (Å²) in [5, 5.41) is 12.4. The first-order valence-electron chi connectivity index (χ1n) is 4.48. The van der Waals surface area contributed by atoms with Crippen LogP contribution in [-0.2, 0) is 4.79 Å². The molecule has 2 N–H and O–H groups in total. The standard InChI is InChI=1S/C9H19NO2S/c1-6(2)8(9(11)12)10-5-7(3)13-4/h6-8,10H,5H2,1-4H3,(H,11,12). The Hall–Kier alpha value is -0.220. The molecule has 0 aromatic carbocycles. The molecule has 13 heavy (non-hydrogen) atoms. The van der Waals surface area contributed by atoms with E-state index in [9.17, 15) is 4.79 Å². The molecule has 0 heterocycles. The molecule has 3 nitrogen and oxygen atoms in total. The number of carboxylic acid groups (broad SMARTS) is 1. The van der Waals surface area contributed by atoms with Gasteiger partial charge in [0.25, 0.3) is 0 Å². The van der Waals surface area contributed by atoms with Crippen LogP contribution in [0, 0.1) is 5.92 Å². The first-order chi connectivity index (χ1) is 5.99. The molecule has 0 bridgehead atoms. The lowest BCUT2D eigenvalue weighted by atomic mass is 10.1. The van der Waals surface area contributed by atoms with Crippen molar-refractivity contribution in [3.05, 3.63) is 0 Å². The summed E-state index contributed by atoms with van der Waals surface area (Å²) in [4.78, 5) is 10.8. The fourth-order valence-corrected chi connectivity index (χ4v) is 1.25. The molecule has 0 aromatic heterocycles. The van der Waals surface area contributed by atoms with Crippen LogP contribution < -0.4 is 5.32 Å². The molecule has 0 saturated carbocycles. The van der Waals surface area contributed by atoms with Crippen molar-refractivity contribution >= 4 is 17.7 Å². The molecule has 78 valence electrons. The summed E-state index contributed by atoms with van der Waals surface area (Å²) in [5.41, 5.74) is 0. The first-order valence-corrected chi connectivity index (χ1v) is 5.76. The lowest BCUT2D eigenvalue weighted by Gasteiger charge is -2.19. The zero-order valence-corrected chi connectivity index (χ0v) is 9.52. The van der Waals surface area contributed by atoms with E-state index in [2.05, 4.69) is 12.2 Å². The Kier molecular flexibility index (Phi) is 6.16. The zero-order valence-electron chi connectivity index (χ0n) is 8.70. The maximum atomic E-state index is 10.8. The minimum atomic E-state index is -0.761. The number of aliphatic carboxylic acids is 1. The highest BCUT2D eigenvalue weighted by Gasteiger charge is 2.20. The highest BCUT2D eigenvalue weighted by atomic mass is 32.2. The van der Waals surface area contributed by atoms with E-state index in [1.165, 1.54) is 0 Å². The Morgan fingerprint density at radius 2 is 2.00 bits per heavy atom. The summed E-state index contributed by atoms with van der Waals surface area (Å²) in [5.74, 6) is -0.630. The first kappa shape index (κ1) is 12.8. The van der Waals surface area contributed by atoms with Crippen LogP contribution in [0.15, 0.2) is 0 Å². The van der Waals surface area contributed by atoms with Crippen LogP contribution in [0.3, 0.4) is 0 Å². The van der Waals surface area contributed by atoms with E-state index in [0.29, 0.717) is 5.25 Å². The molecular formula is C9H19NO2S. The van der Waals surface area contributed by atoms with Gasteiger partial charge in [-0.15, -0.1) is 0 Å². The van der Waals surface area contributed by atoms with Crippen molar-refractivity contribution in [1.29, 1.82) is 0 Å². The van der Waals surface area contributed by atoms with Gasteiger partial charge in [0.1, 0.15) is 6.04 Å². The number of hydrogen-bond donors (Lipinski definition) is 2. The number of nitrogens with one attached hydrogen (secondary N) is 1. The van der Waals surface area contributed by atoms with Crippen LogP contribution in [0.1, 0.15) is 20.8 Å². The number of carbonyl (C=O) groups is 1. The second-order valence-corrected chi connectivity index (χ2v) is 4.79. The van der Waals surface area contributed by atoms with Crippen LogP contribution in [-0.4, -0.2) is 35.2 Å². The van der Waals surface area contributed by atoms with E-state index < -0.39 is 12.0 Å². The molecular weight excluding hydrogens is 186 g/mol. The third kappa shape index (κ3) is 5.16. The van der Waals surface area contributed by atoms with Crippen LogP contribution in [0.5, 0.6) is 0 Å². The normalized spacial score (nSPS) is 15.8. The average Bonchev–Trinajstić information content (AvgIpc) is 2.03. The zero-order chi connectivity index (χ0) is 10.4. The van der Waals surface area contributed by atoms with Gasteiger partial charge >= 0.3 is 5.97 Å². The van der Waals surface area contributed by atoms with Gasteiger partial charge in [0, 0.05) is 11.8 Å². The highest BCUT2D eigenvalue weighted by Crippen LogP contribution is 2.06. The van der Waals surface area contributed by atoms with Crippen LogP contribution in [0.25, 0.3) is 0 Å². The second-order valence-electron chi connectivity index (χ2n) is 3.51. The largest absolute Gasteiger partial charge is 0.480 e. The SMILES string of the molecule is CSC(C)CNC(C(=O)O)C(C)C. The molecule has 2 atom stereocenters. The van der Waals surface area contributed by atoms with Gasteiger partial charge in [-0.25, -0.2) is 0 Å². The van der Waals surface area contributed by atoms with E-state index in [-0.39, 0.29) is 5.92 Å². The molecule has 0 aromatic rings. The summed E-state index contributed by atoms with van der Waals surface area (Å²) in [6.45, 7) is 6.65. The van der Waals surface area contributed by atoms with Crippen molar-refractivity contribution in [3.8, 4) is 0 Å². The van der Waals surface area contributed by atoms with Crippen molar-refractivity contribution in [1.82, 2.24) is 5.32 Å². The van der Waals surface area contributed by atoms with Gasteiger partial charge in [0.05, 0.1) is 0 Å². The summed E-state index contributed by atoms with van der Waals surface area (Å²) < 4.78 is 0. The van der Waals surface area contributed by atoms with E-state index >= 15 is 0 Å². The fraction of sp³-hybridized carbons (Fsp3) is 0.889. The summed E-state index contributed by atoms with van der Waals surface area (Å²) in [6.07, 6.45) is 2.03. The topological polar surface area (TPSA) is 49.3 Å². The Morgan fingerprint density at radius 3 is 2.31 bits per heavy atom. The van der Waals surface area contributed by atoms with Crippen LogP contribution in [0.2, 0.25) is 0 Å². The smallest absolute Gasteiger partial charge is 0.320 e. The lowest BCUT2D eigenvalue weighted by Crippen LogP contribution is -2.43. The molecule has 0 spiro atoms. The molecule has 0 aliphatic rings. The second kappa shape index (κ2) is 6.27. The van der Waals surface area contributed by atoms with Crippen molar-refractivity contribution in [2.45, 2.75) is 32.1 Å². The van der Waals surface area contributed by atoms with E-state index in [4.69, 9.17) is 5.11 Å². The fourth-order valence-electron chi connectivity index (χ4n) is 0.984. The predicted octanol–water partition coefficient (Wildman–Crippen LogP) is 1.44. The maximum absolute atomic E-state index is 10.8. The number of thioether (sulfide) groups is 1. The number of hydrogen-bond acceptors (Lipinski definition) is 3. The molecule has 2 unspecified atom stereocenters. The van der Waals surface area contributed by atoms with E-state index in [0.717, 1.165) is 6.54 Å². The third-order valence-electron chi connectivity index (χ3n) is 1.96. The molecule has 0 rings (SSSR count). The van der Waals surface area contributed by atoms with Gasteiger partial charge in [-0.3, -0.25) is 4.79 Å². The maximum Gasteiger partial charge on any atom is 0.320 e. The molecule has 4 heteroatoms. The van der Waals surface area contributed by atoms with E-state index in [1.54, 1.807) is 11.8 Å². The van der Waals surface area contributed by atoms with Crippen molar-refractivity contribution in [2.24, 2.45) is 5.92 Å². The molecule has 0 aliphatic heterocycles. The monoisotopic (exact) mass is 205 g/mol. The van der Waals surface area contributed by atoms with Gasteiger partial charge in [0.2, 0.25) is 0 Å². The summed E-state index contributed by atoms with van der Waals surface area (Å²) >= 11 is 1.73. The Balaban J connectivity index is 3.90. The summed E-state index contributed by atoms with van der Waals surface area (Å²) in [7, 11) is 0.